The van der Waals surface area contributed by atoms with Crippen LogP contribution in [0, 0.1) is 0 Å². The summed E-state index contributed by atoms with van der Waals surface area (Å²) < 4.78 is 11.1. The van der Waals surface area contributed by atoms with Crippen LogP contribution in [-0.2, 0) is 11.2 Å². The van der Waals surface area contributed by atoms with Crippen LogP contribution in [0.1, 0.15) is 38.7 Å². The number of allylic oxidation sites excluding steroid dienone is 2. The molecule has 1 fully saturated rings. The molecule has 1 atom stereocenters. The zero-order valence-electron chi connectivity index (χ0n) is 12.0. The zero-order valence-corrected chi connectivity index (χ0v) is 12.0. The van der Waals surface area contributed by atoms with E-state index < -0.39 is 0 Å². The Morgan fingerprint density at radius 2 is 2.21 bits per heavy atom. The highest BCUT2D eigenvalue weighted by Crippen LogP contribution is 2.27. The second kappa shape index (κ2) is 6.76. The van der Waals surface area contributed by atoms with Gasteiger partial charge in [0.25, 0.3) is 0 Å². The van der Waals surface area contributed by atoms with E-state index in [0.29, 0.717) is 6.61 Å². The highest BCUT2D eigenvalue weighted by Gasteiger charge is 2.40. The van der Waals surface area contributed by atoms with Gasteiger partial charge in [0.1, 0.15) is 18.0 Å². The van der Waals surface area contributed by atoms with Crippen LogP contribution in [0.2, 0.25) is 0 Å². The summed E-state index contributed by atoms with van der Waals surface area (Å²) in [6, 6.07) is 8.43. The molecule has 0 saturated carbocycles. The lowest BCUT2D eigenvalue weighted by Crippen LogP contribution is -2.16. The molecule has 0 aromatic heterocycles. The minimum atomic E-state index is -0.0392. The number of ether oxygens (including phenoxy) is 2. The van der Waals surface area contributed by atoms with Crippen LogP contribution in [0.15, 0.2) is 36.4 Å². The second-order valence-electron chi connectivity index (χ2n) is 5.49. The summed E-state index contributed by atoms with van der Waals surface area (Å²) in [5.74, 6) is 0.961. The molecule has 1 heterocycles. The third kappa shape index (κ3) is 5.07. The van der Waals surface area contributed by atoms with Crippen LogP contribution in [0.4, 0.5) is 0 Å². The number of aryl methyl sites for hydroxylation is 1. The number of hydrogen-bond acceptors (Lipinski definition) is 2. The summed E-state index contributed by atoms with van der Waals surface area (Å²) in [5.41, 5.74) is 1.32. The molecule has 0 amide bonds. The van der Waals surface area contributed by atoms with Gasteiger partial charge in [-0.25, -0.2) is 0 Å². The van der Waals surface area contributed by atoms with Crippen molar-refractivity contribution in [1.82, 2.24) is 0 Å². The van der Waals surface area contributed by atoms with E-state index in [0.717, 1.165) is 18.8 Å². The number of benzene rings is 1. The molecule has 2 heteroatoms. The maximum absolute atomic E-state index is 5.78. The van der Waals surface area contributed by atoms with E-state index in [-0.39, 0.29) is 5.60 Å². The van der Waals surface area contributed by atoms with Crippen LogP contribution < -0.4 is 4.74 Å². The smallest absolute Gasteiger partial charge is 0.123 e. The minimum Gasteiger partial charge on any atom is -0.490 e. The molecule has 2 rings (SSSR count). The summed E-state index contributed by atoms with van der Waals surface area (Å²) >= 11 is 0. The quantitative estimate of drug-likeness (QED) is 0.398. The first kappa shape index (κ1) is 14.1. The van der Waals surface area contributed by atoms with Gasteiger partial charge in [0.05, 0.1) is 6.61 Å². The molecule has 2 nitrogen and oxygen atoms in total. The molecular formula is C17H24O2. The first-order valence-corrected chi connectivity index (χ1v) is 7.19. The predicted molar refractivity (Wildman–Crippen MR) is 78.7 cm³/mol. The summed E-state index contributed by atoms with van der Waals surface area (Å²) in [6.45, 7) is 5.62. The van der Waals surface area contributed by atoms with Crippen molar-refractivity contribution < 1.29 is 9.47 Å². The Balaban J connectivity index is 1.74. The number of hydrogen-bond donors (Lipinski definition) is 0. The third-order valence-corrected chi connectivity index (χ3v) is 3.40. The van der Waals surface area contributed by atoms with Gasteiger partial charge in [0.15, 0.2) is 0 Å². The van der Waals surface area contributed by atoms with E-state index in [4.69, 9.17) is 9.47 Å². The van der Waals surface area contributed by atoms with Gasteiger partial charge < -0.3 is 9.47 Å². The molecule has 0 aliphatic carbocycles. The van der Waals surface area contributed by atoms with Crippen molar-refractivity contribution >= 4 is 0 Å². The summed E-state index contributed by atoms with van der Waals surface area (Å²) in [6.07, 6.45) is 9.14. The minimum absolute atomic E-state index is 0.0392. The Bertz CT molecular complexity index is 419. The van der Waals surface area contributed by atoms with Crippen molar-refractivity contribution in [3.05, 3.63) is 42.0 Å². The van der Waals surface area contributed by atoms with Gasteiger partial charge in [0, 0.05) is 0 Å². The van der Waals surface area contributed by atoms with E-state index in [1.807, 2.05) is 6.07 Å². The van der Waals surface area contributed by atoms with Gasteiger partial charge >= 0.3 is 0 Å². The Morgan fingerprint density at radius 3 is 2.95 bits per heavy atom. The van der Waals surface area contributed by atoms with E-state index in [1.54, 1.807) is 0 Å². The van der Waals surface area contributed by atoms with E-state index in [9.17, 15) is 0 Å². The molecule has 1 aliphatic rings. The average Bonchev–Trinajstić information content (AvgIpc) is 3.15. The van der Waals surface area contributed by atoms with E-state index in [1.165, 1.54) is 24.8 Å². The predicted octanol–water partition coefficient (Wildman–Crippen LogP) is 4.14. The molecule has 1 unspecified atom stereocenters. The molecule has 1 aliphatic heterocycles. The second-order valence-corrected chi connectivity index (χ2v) is 5.49. The van der Waals surface area contributed by atoms with Crippen molar-refractivity contribution in [2.45, 2.75) is 45.1 Å². The first-order chi connectivity index (χ1) is 9.22. The number of unbranched alkanes of at least 4 members (excludes halogenated alkanes) is 2. The van der Waals surface area contributed by atoms with Gasteiger partial charge in [-0.15, -0.1) is 0 Å². The Hall–Kier alpha value is -1.28. The van der Waals surface area contributed by atoms with Crippen molar-refractivity contribution in [2.24, 2.45) is 0 Å². The first-order valence-electron chi connectivity index (χ1n) is 7.19. The fraction of sp³-hybridized carbons (Fsp3) is 0.529. The molecular weight excluding hydrogens is 236 g/mol. The van der Waals surface area contributed by atoms with E-state index >= 15 is 0 Å². The Morgan fingerprint density at radius 1 is 1.37 bits per heavy atom. The Labute approximate surface area is 116 Å². The molecule has 1 aromatic rings. The van der Waals surface area contributed by atoms with Crippen molar-refractivity contribution in [2.75, 3.05) is 13.2 Å². The summed E-state index contributed by atoms with van der Waals surface area (Å²) in [7, 11) is 0. The van der Waals surface area contributed by atoms with Crippen molar-refractivity contribution in [3.63, 3.8) is 0 Å². The number of rotatable bonds is 8. The normalized spacial score (nSPS) is 21.8. The maximum atomic E-state index is 5.78. The van der Waals surface area contributed by atoms with Gasteiger partial charge in [-0.1, -0.05) is 24.3 Å². The van der Waals surface area contributed by atoms with Crippen LogP contribution in [0.25, 0.3) is 0 Å². The summed E-state index contributed by atoms with van der Waals surface area (Å²) in [5, 5.41) is 0. The Kier molecular flexibility index (Phi) is 5.03. The molecule has 1 aromatic carbocycles. The van der Waals surface area contributed by atoms with Crippen molar-refractivity contribution in [1.29, 1.82) is 0 Å². The number of epoxide rings is 1. The molecule has 19 heavy (non-hydrogen) atoms. The van der Waals surface area contributed by atoms with Crippen LogP contribution in [-0.4, -0.2) is 18.8 Å². The molecule has 0 N–H and O–H groups in total. The molecule has 104 valence electrons. The molecule has 0 bridgehead atoms. The maximum Gasteiger partial charge on any atom is 0.123 e. The van der Waals surface area contributed by atoms with Gasteiger partial charge in [-0.2, -0.15) is 0 Å². The lowest BCUT2D eigenvalue weighted by Gasteiger charge is -2.10. The highest BCUT2D eigenvalue weighted by molar-refractivity contribution is 5.28. The van der Waals surface area contributed by atoms with E-state index in [2.05, 4.69) is 44.2 Å². The van der Waals surface area contributed by atoms with Gasteiger partial charge in [0.2, 0.25) is 0 Å². The third-order valence-electron chi connectivity index (χ3n) is 3.40. The lowest BCUT2D eigenvalue weighted by molar-refractivity contribution is 0.202. The standard InChI is InChI=1S/C17H24O2/c1-3-4-5-6-7-9-15-10-8-11-16(12-15)18-13-17(2)14-19-17/h3-4,8,10-12H,5-7,9,13-14H2,1-2H3/b4-3+. The lowest BCUT2D eigenvalue weighted by atomic mass is 10.1. The monoisotopic (exact) mass is 260 g/mol. The topological polar surface area (TPSA) is 21.8 Å². The molecule has 0 radical (unpaired) electrons. The largest absolute Gasteiger partial charge is 0.490 e. The molecule has 0 spiro atoms. The van der Waals surface area contributed by atoms with Crippen molar-refractivity contribution in [3.8, 4) is 5.75 Å². The fourth-order valence-electron chi connectivity index (χ4n) is 1.99. The van der Waals surface area contributed by atoms with Crippen LogP contribution in [0.3, 0.4) is 0 Å². The summed E-state index contributed by atoms with van der Waals surface area (Å²) in [4.78, 5) is 0. The average molecular weight is 260 g/mol. The van der Waals surface area contributed by atoms with Gasteiger partial charge in [-0.05, 0) is 57.2 Å². The fourth-order valence-corrected chi connectivity index (χ4v) is 1.99. The molecule has 1 saturated heterocycles. The van der Waals surface area contributed by atoms with Crippen LogP contribution in [0.5, 0.6) is 5.75 Å². The highest BCUT2D eigenvalue weighted by atomic mass is 16.6. The van der Waals surface area contributed by atoms with Gasteiger partial charge in [-0.3, -0.25) is 0 Å². The zero-order chi connectivity index (χ0) is 13.6. The van der Waals surface area contributed by atoms with Crippen LogP contribution >= 0.6 is 0 Å². The SMILES string of the molecule is C/C=C/CCCCc1cccc(OCC2(C)CO2)c1.